The molecular formula is C19H24ClN3. The Morgan fingerprint density at radius 3 is 1.96 bits per heavy atom. The Kier molecular flexibility index (Phi) is 9.54. The van der Waals surface area contributed by atoms with E-state index in [2.05, 4.69) is 16.3 Å². The third kappa shape index (κ3) is 6.73. The van der Waals surface area contributed by atoms with Crippen molar-refractivity contribution < 1.29 is 0 Å². The van der Waals surface area contributed by atoms with Crippen LogP contribution in [0.4, 0.5) is 5.69 Å². The van der Waals surface area contributed by atoms with Gasteiger partial charge in [0.1, 0.15) is 0 Å². The lowest BCUT2D eigenvalue weighted by Crippen LogP contribution is -2.43. The van der Waals surface area contributed by atoms with Crippen LogP contribution in [0.3, 0.4) is 0 Å². The Labute approximate surface area is 144 Å². The van der Waals surface area contributed by atoms with E-state index in [1.54, 1.807) is 6.07 Å². The summed E-state index contributed by atoms with van der Waals surface area (Å²) in [5.41, 5.74) is 1.64. The van der Waals surface area contributed by atoms with Crippen molar-refractivity contribution in [3.63, 3.8) is 0 Å². The third-order valence-electron chi connectivity index (χ3n) is 3.20. The molecule has 1 aliphatic rings. The summed E-state index contributed by atoms with van der Waals surface area (Å²) in [7, 11) is 0. The second kappa shape index (κ2) is 11.5. The van der Waals surface area contributed by atoms with Gasteiger partial charge in [0.2, 0.25) is 0 Å². The highest BCUT2D eigenvalue weighted by molar-refractivity contribution is 6.33. The van der Waals surface area contributed by atoms with Crippen LogP contribution in [0.2, 0.25) is 5.02 Å². The second-order valence-electron chi connectivity index (χ2n) is 4.67. The van der Waals surface area contributed by atoms with Crippen molar-refractivity contribution in [1.82, 2.24) is 5.32 Å². The Balaban J connectivity index is 0.000000276. The molecule has 0 bridgehead atoms. The van der Waals surface area contributed by atoms with Gasteiger partial charge in [0, 0.05) is 26.2 Å². The van der Waals surface area contributed by atoms with Crippen LogP contribution >= 0.6 is 11.6 Å². The average Bonchev–Trinajstić information content (AvgIpc) is 2.66. The van der Waals surface area contributed by atoms with Crippen molar-refractivity contribution in [3.8, 4) is 6.07 Å². The van der Waals surface area contributed by atoms with Gasteiger partial charge in [-0.25, -0.2) is 0 Å². The molecule has 1 N–H and O–H groups in total. The van der Waals surface area contributed by atoms with Gasteiger partial charge in [-0.15, -0.1) is 0 Å². The van der Waals surface area contributed by atoms with Crippen LogP contribution in [0.5, 0.6) is 0 Å². The molecule has 0 saturated carbocycles. The number of benzene rings is 2. The van der Waals surface area contributed by atoms with Crippen LogP contribution in [-0.4, -0.2) is 26.2 Å². The molecule has 0 radical (unpaired) electrons. The number of anilines is 1. The summed E-state index contributed by atoms with van der Waals surface area (Å²) in [6.07, 6.45) is 0. The van der Waals surface area contributed by atoms with Gasteiger partial charge >= 0.3 is 0 Å². The van der Waals surface area contributed by atoms with Crippen LogP contribution in [0.25, 0.3) is 0 Å². The number of nitrogens with one attached hydrogen (secondary N) is 1. The summed E-state index contributed by atoms with van der Waals surface area (Å²) in [4.78, 5) is 2.24. The fraction of sp³-hybridized carbons (Fsp3) is 0.316. The predicted octanol–water partition coefficient (Wildman–Crippen LogP) is 4.33. The molecular weight excluding hydrogens is 306 g/mol. The van der Waals surface area contributed by atoms with Crippen LogP contribution in [0, 0.1) is 11.3 Å². The normalized spacial score (nSPS) is 12.9. The maximum Gasteiger partial charge on any atom is 0.0992 e. The van der Waals surface area contributed by atoms with Crippen LogP contribution in [0.1, 0.15) is 19.4 Å². The molecule has 1 saturated heterocycles. The molecule has 3 rings (SSSR count). The van der Waals surface area contributed by atoms with Crippen molar-refractivity contribution in [3.05, 3.63) is 65.2 Å². The standard InChI is InChI=1S/C11H12ClN3.C6H6.C2H6/c12-10-7-9(8-13)1-2-11(10)15-5-3-14-4-6-15;1-2-4-6-5-3-1;1-2/h1-2,7,14H,3-6H2;1-6H;1-2H3. The van der Waals surface area contributed by atoms with Gasteiger partial charge in [-0.1, -0.05) is 61.8 Å². The van der Waals surface area contributed by atoms with Crippen molar-refractivity contribution in [2.24, 2.45) is 0 Å². The topological polar surface area (TPSA) is 39.1 Å². The molecule has 0 unspecified atom stereocenters. The molecule has 2 aromatic rings. The summed E-state index contributed by atoms with van der Waals surface area (Å²) >= 11 is 6.13. The predicted molar refractivity (Wildman–Crippen MR) is 99.0 cm³/mol. The van der Waals surface area contributed by atoms with Gasteiger partial charge in [-0.2, -0.15) is 5.26 Å². The lowest BCUT2D eigenvalue weighted by atomic mass is 10.2. The molecule has 3 nitrogen and oxygen atoms in total. The molecule has 1 heterocycles. The molecule has 0 amide bonds. The molecule has 1 fully saturated rings. The van der Waals surface area contributed by atoms with Crippen LogP contribution in [-0.2, 0) is 0 Å². The molecule has 1 aliphatic heterocycles. The van der Waals surface area contributed by atoms with E-state index < -0.39 is 0 Å². The fourth-order valence-corrected chi connectivity index (χ4v) is 2.42. The molecule has 0 spiro atoms. The number of rotatable bonds is 1. The molecule has 122 valence electrons. The number of nitrogens with zero attached hydrogens (tertiary/aromatic N) is 2. The van der Waals surface area contributed by atoms with Crippen molar-refractivity contribution in [1.29, 1.82) is 5.26 Å². The van der Waals surface area contributed by atoms with Gasteiger partial charge in [0.15, 0.2) is 0 Å². The first-order chi connectivity index (χ1) is 11.3. The molecule has 0 atom stereocenters. The van der Waals surface area contributed by atoms with Gasteiger partial charge in [0.05, 0.1) is 22.3 Å². The second-order valence-corrected chi connectivity index (χ2v) is 5.08. The van der Waals surface area contributed by atoms with E-state index in [-0.39, 0.29) is 0 Å². The average molecular weight is 330 g/mol. The first kappa shape index (κ1) is 19.0. The highest BCUT2D eigenvalue weighted by Gasteiger charge is 2.13. The molecule has 23 heavy (non-hydrogen) atoms. The quantitative estimate of drug-likeness (QED) is 0.846. The lowest BCUT2D eigenvalue weighted by molar-refractivity contribution is 0.589. The van der Waals surface area contributed by atoms with Gasteiger partial charge in [-0.3, -0.25) is 0 Å². The van der Waals surface area contributed by atoms with Crippen molar-refractivity contribution in [2.75, 3.05) is 31.1 Å². The first-order valence-electron chi connectivity index (χ1n) is 7.96. The molecule has 4 heteroatoms. The van der Waals surface area contributed by atoms with E-state index in [1.165, 1.54) is 0 Å². The van der Waals surface area contributed by atoms with E-state index in [0.717, 1.165) is 31.9 Å². The number of piperazine rings is 1. The molecule has 0 aliphatic carbocycles. The highest BCUT2D eigenvalue weighted by Crippen LogP contribution is 2.26. The number of nitriles is 1. The van der Waals surface area contributed by atoms with Crippen LogP contribution < -0.4 is 10.2 Å². The van der Waals surface area contributed by atoms with Gasteiger partial charge in [0.25, 0.3) is 0 Å². The van der Waals surface area contributed by atoms with E-state index >= 15 is 0 Å². The summed E-state index contributed by atoms with van der Waals surface area (Å²) in [5, 5.41) is 12.7. The highest BCUT2D eigenvalue weighted by atomic mass is 35.5. The molecule has 0 aromatic heterocycles. The zero-order valence-electron chi connectivity index (χ0n) is 13.8. The maximum absolute atomic E-state index is 8.73. The van der Waals surface area contributed by atoms with E-state index in [0.29, 0.717) is 10.6 Å². The minimum atomic E-state index is 0.610. The Morgan fingerprint density at radius 2 is 1.52 bits per heavy atom. The summed E-state index contributed by atoms with van der Waals surface area (Å²) in [6.45, 7) is 7.89. The Bertz CT molecular complexity index is 561. The van der Waals surface area contributed by atoms with Gasteiger partial charge < -0.3 is 10.2 Å². The zero-order chi connectivity index (χ0) is 16.9. The minimum absolute atomic E-state index is 0.610. The SMILES string of the molecule is CC.N#Cc1ccc(N2CCNCC2)c(Cl)c1.c1ccccc1. The van der Waals surface area contributed by atoms with Crippen molar-refractivity contribution in [2.45, 2.75) is 13.8 Å². The van der Waals surface area contributed by atoms with Crippen LogP contribution in [0.15, 0.2) is 54.6 Å². The summed E-state index contributed by atoms with van der Waals surface area (Å²) < 4.78 is 0. The number of hydrogen-bond donors (Lipinski definition) is 1. The van der Waals surface area contributed by atoms with Crippen molar-refractivity contribution >= 4 is 17.3 Å². The Morgan fingerprint density at radius 1 is 1.00 bits per heavy atom. The van der Waals surface area contributed by atoms with E-state index in [9.17, 15) is 0 Å². The largest absolute Gasteiger partial charge is 0.368 e. The van der Waals surface area contributed by atoms with Gasteiger partial charge in [-0.05, 0) is 18.2 Å². The summed E-state index contributed by atoms with van der Waals surface area (Å²) in [6, 6.07) is 19.5. The van der Waals surface area contributed by atoms with E-state index in [1.807, 2.05) is 62.4 Å². The number of hydrogen-bond acceptors (Lipinski definition) is 3. The third-order valence-corrected chi connectivity index (χ3v) is 3.50. The van der Waals surface area contributed by atoms with E-state index in [4.69, 9.17) is 16.9 Å². The fourth-order valence-electron chi connectivity index (χ4n) is 2.12. The monoisotopic (exact) mass is 329 g/mol. The Hall–Kier alpha value is -2.02. The number of halogens is 1. The maximum atomic E-state index is 8.73. The zero-order valence-corrected chi connectivity index (χ0v) is 14.6. The molecule has 2 aromatic carbocycles. The lowest BCUT2D eigenvalue weighted by Gasteiger charge is -2.30. The summed E-state index contributed by atoms with van der Waals surface area (Å²) in [5.74, 6) is 0. The smallest absolute Gasteiger partial charge is 0.0992 e. The first-order valence-corrected chi connectivity index (χ1v) is 8.34. The minimum Gasteiger partial charge on any atom is -0.368 e.